The predicted molar refractivity (Wildman–Crippen MR) is 130 cm³/mol. The number of hydrogen-bond donors (Lipinski definition) is 1. The summed E-state index contributed by atoms with van der Waals surface area (Å²) in [6.45, 7) is 6.12. The zero-order valence-corrected chi connectivity index (χ0v) is 19.3. The average molecular weight is 461 g/mol. The molecule has 7 nitrogen and oxygen atoms in total. The van der Waals surface area contributed by atoms with E-state index in [1.807, 2.05) is 48.5 Å². The molecule has 1 aliphatic heterocycles. The van der Waals surface area contributed by atoms with Crippen LogP contribution in [0.15, 0.2) is 48.5 Å². The normalized spacial score (nSPS) is 14.7. The molecule has 0 saturated carbocycles. The van der Waals surface area contributed by atoms with Crippen LogP contribution in [-0.4, -0.2) is 45.9 Å². The fraction of sp³-hybridized carbons (Fsp3) is 0.280. The summed E-state index contributed by atoms with van der Waals surface area (Å²) < 4.78 is 6.65. The molecule has 1 atom stereocenters. The Hall–Kier alpha value is -3.36. The number of anilines is 1. The number of rotatable bonds is 5. The molecule has 5 rings (SSSR count). The second kappa shape index (κ2) is 8.88. The summed E-state index contributed by atoms with van der Waals surface area (Å²) in [5.41, 5.74) is 3.91. The highest BCUT2D eigenvalue weighted by molar-refractivity contribution is 7.22. The molecule has 168 valence electrons. The maximum Gasteiger partial charge on any atom is 0.339 e. The van der Waals surface area contributed by atoms with Crippen LogP contribution in [0.4, 0.5) is 5.13 Å². The fourth-order valence-electron chi connectivity index (χ4n) is 4.15. The Bertz CT molecular complexity index is 1330. The first-order valence-corrected chi connectivity index (χ1v) is 11.9. The number of pyridine rings is 1. The van der Waals surface area contributed by atoms with Gasteiger partial charge in [0.25, 0.3) is 5.91 Å². The van der Waals surface area contributed by atoms with Crippen LogP contribution in [0.2, 0.25) is 0 Å². The first-order chi connectivity index (χ1) is 16.0. The number of likely N-dealkylation sites (N-methyl/N-ethyl adjacent to an activating group) is 1. The van der Waals surface area contributed by atoms with Crippen molar-refractivity contribution in [2.45, 2.75) is 32.9 Å². The molecule has 2 aromatic carbocycles. The molecule has 3 heterocycles. The predicted octanol–water partition coefficient (Wildman–Crippen LogP) is 4.41. The summed E-state index contributed by atoms with van der Waals surface area (Å²) in [4.78, 5) is 37.6. The van der Waals surface area contributed by atoms with Crippen molar-refractivity contribution in [3.05, 3.63) is 65.4 Å². The standard InChI is InChI=1S/C25H24N4O3S/c1-3-29-13-12-19-17(14-29)22(16-8-4-5-9-18(16)26-19)24(31)32-15(2)23(30)28-25-27-20-10-6-7-11-21(20)33-25/h4-11,15H,3,12-14H2,1-2H3,(H,27,28,30). The van der Waals surface area contributed by atoms with Gasteiger partial charge in [-0.3, -0.25) is 20.0 Å². The Labute approximate surface area is 195 Å². The molecule has 0 fully saturated rings. The highest BCUT2D eigenvalue weighted by atomic mass is 32.1. The summed E-state index contributed by atoms with van der Waals surface area (Å²) in [6, 6.07) is 15.2. The number of benzene rings is 2. The number of fused-ring (bicyclic) bond motifs is 3. The van der Waals surface area contributed by atoms with Crippen molar-refractivity contribution in [3.63, 3.8) is 0 Å². The molecule has 1 N–H and O–H groups in total. The van der Waals surface area contributed by atoms with Crippen LogP contribution in [0.3, 0.4) is 0 Å². The van der Waals surface area contributed by atoms with E-state index in [2.05, 4.69) is 22.1 Å². The summed E-state index contributed by atoms with van der Waals surface area (Å²) in [6.07, 6.45) is -0.194. The molecular formula is C25H24N4O3S. The largest absolute Gasteiger partial charge is 0.449 e. The molecule has 0 aliphatic carbocycles. The minimum atomic E-state index is -0.974. The summed E-state index contributed by atoms with van der Waals surface area (Å²) in [5, 5.41) is 4.00. The highest BCUT2D eigenvalue weighted by Gasteiger charge is 2.28. The number of amides is 1. The third kappa shape index (κ3) is 4.19. The number of nitrogens with zero attached hydrogens (tertiary/aromatic N) is 3. The molecule has 1 unspecified atom stereocenters. The quantitative estimate of drug-likeness (QED) is 0.444. The Morgan fingerprint density at radius 2 is 1.88 bits per heavy atom. The van der Waals surface area contributed by atoms with Crippen LogP contribution < -0.4 is 5.32 Å². The van der Waals surface area contributed by atoms with E-state index < -0.39 is 18.0 Å². The fourth-order valence-corrected chi connectivity index (χ4v) is 5.02. The van der Waals surface area contributed by atoms with Gasteiger partial charge in [0, 0.05) is 36.2 Å². The van der Waals surface area contributed by atoms with E-state index in [4.69, 9.17) is 9.72 Å². The Morgan fingerprint density at radius 1 is 1.12 bits per heavy atom. The number of carbonyl (C=O) groups is 2. The number of nitrogens with one attached hydrogen (secondary N) is 1. The smallest absolute Gasteiger partial charge is 0.339 e. The topological polar surface area (TPSA) is 84.4 Å². The van der Waals surface area contributed by atoms with Gasteiger partial charge in [-0.15, -0.1) is 0 Å². The number of carbonyl (C=O) groups excluding carboxylic acids is 2. The third-order valence-corrected chi connectivity index (χ3v) is 6.91. The van der Waals surface area contributed by atoms with Crippen LogP contribution in [-0.2, 0) is 22.5 Å². The van der Waals surface area contributed by atoms with Crippen molar-refractivity contribution >= 4 is 49.5 Å². The average Bonchev–Trinajstić information content (AvgIpc) is 3.24. The Morgan fingerprint density at radius 3 is 2.67 bits per heavy atom. The van der Waals surface area contributed by atoms with E-state index in [0.717, 1.165) is 51.9 Å². The Kier molecular flexibility index (Phi) is 5.78. The molecule has 1 amide bonds. The lowest BCUT2D eigenvalue weighted by molar-refractivity contribution is -0.123. The van der Waals surface area contributed by atoms with Crippen LogP contribution in [0.25, 0.3) is 21.1 Å². The number of ether oxygens (including phenoxy) is 1. The van der Waals surface area contributed by atoms with E-state index in [-0.39, 0.29) is 0 Å². The van der Waals surface area contributed by atoms with Gasteiger partial charge in [-0.1, -0.05) is 48.6 Å². The molecular weight excluding hydrogens is 436 g/mol. The van der Waals surface area contributed by atoms with Crippen molar-refractivity contribution in [2.24, 2.45) is 0 Å². The molecule has 1 aliphatic rings. The summed E-state index contributed by atoms with van der Waals surface area (Å²) >= 11 is 1.38. The highest BCUT2D eigenvalue weighted by Crippen LogP contribution is 2.29. The first-order valence-electron chi connectivity index (χ1n) is 11.0. The van der Waals surface area contributed by atoms with Crippen molar-refractivity contribution in [1.29, 1.82) is 0 Å². The van der Waals surface area contributed by atoms with Gasteiger partial charge in [0.1, 0.15) is 0 Å². The molecule has 0 spiro atoms. The number of para-hydroxylation sites is 2. The van der Waals surface area contributed by atoms with E-state index >= 15 is 0 Å². The molecule has 33 heavy (non-hydrogen) atoms. The second-order valence-corrected chi connectivity index (χ2v) is 9.10. The lowest BCUT2D eigenvalue weighted by Crippen LogP contribution is -2.34. The molecule has 0 bridgehead atoms. The zero-order chi connectivity index (χ0) is 22.9. The van der Waals surface area contributed by atoms with E-state index in [9.17, 15) is 9.59 Å². The molecule has 4 aromatic rings. The lowest BCUT2D eigenvalue weighted by Gasteiger charge is -2.29. The van der Waals surface area contributed by atoms with Gasteiger partial charge in [0.2, 0.25) is 0 Å². The van der Waals surface area contributed by atoms with Gasteiger partial charge >= 0.3 is 5.97 Å². The zero-order valence-electron chi connectivity index (χ0n) is 18.5. The second-order valence-electron chi connectivity index (χ2n) is 8.07. The van der Waals surface area contributed by atoms with Crippen molar-refractivity contribution in [2.75, 3.05) is 18.4 Å². The van der Waals surface area contributed by atoms with Gasteiger partial charge < -0.3 is 4.74 Å². The minimum absolute atomic E-state index is 0.412. The summed E-state index contributed by atoms with van der Waals surface area (Å²) in [5.74, 6) is -0.917. The van der Waals surface area contributed by atoms with Gasteiger partial charge in [-0.05, 0) is 31.7 Å². The number of aromatic nitrogens is 2. The van der Waals surface area contributed by atoms with Gasteiger partial charge in [0.05, 0.1) is 21.3 Å². The van der Waals surface area contributed by atoms with E-state index in [1.165, 1.54) is 11.3 Å². The van der Waals surface area contributed by atoms with Crippen molar-refractivity contribution in [3.8, 4) is 0 Å². The number of thiazole rings is 1. The third-order valence-electron chi connectivity index (χ3n) is 5.95. The monoisotopic (exact) mass is 460 g/mol. The maximum absolute atomic E-state index is 13.4. The van der Waals surface area contributed by atoms with Gasteiger partial charge in [-0.25, -0.2) is 9.78 Å². The summed E-state index contributed by atoms with van der Waals surface area (Å²) in [7, 11) is 0. The molecule has 8 heteroatoms. The lowest BCUT2D eigenvalue weighted by atomic mass is 9.95. The minimum Gasteiger partial charge on any atom is -0.449 e. The van der Waals surface area contributed by atoms with E-state index in [0.29, 0.717) is 17.2 Å². The van der Waals surface area contributed by atoms with E-state index in [1.54, 1.807) is 6.92 Å². The molecule has 0 radical (unpaired) electrons. The van der Waals surface area contributed by atoms with Gasteiger partial charge in [-0.2, -0.15) is 0 Å². The Balaban J connectivity index is 1.40. The van der Waals surface area contributed by atoms with Crippen LogP contribution >= 0.6 is 11.3 Å². The number of hydrogen-bond acceptors (Lipinski definition) is 7. The van der Waals surface area contributed by atoms with Crippen molar-refractivity contribution < 1.29 is 14.3 Å². The number of esters is 1. The molecule has 0 saturated heterocycles. The maximum atomic E-state index is 13.4. The SMILES string of the molecule is CCN1CCc2nc3ccccc3c(C(=O)OC(C)C(=O)Nc3nc4ccccc4s3)c2C1. The van der Waals surface area contributed by atoms with Crippen LogP contribution in [0.1, 0.15) is 35.5 Å². The first kappa shape index (κ1) is 21.5. The van der Waals surface area contributed by atoms with Crippen molar-refractivity contribution in [1.82, 2.24) is 14.9 Å². The molecule has 2 aromatic heterocycles. The van der Waals surface area contributed by atoms with Gasteiger partial charge in [0.15, 0.2) is 11.2 Å². The van der Waals surface area contributed by atoms with Crippen LogP contribution in [0, 0.1) is 0 Å². The van der Waals surface area contributed by atoms with Crippen LogP contribution in [0.5, 0.6) is 0 Å².